The molecule has 0 spiro atoms. The fourth-order valence-electron chi connectivity index (χ4n) is 4.30. The Morgan fingerprint density at radius 3 is 1.69 bits per heavy atom. The molecule has 0 radical (unpaired) electrons. The van der Waals surface area contributed by atoms with E-state index in [1.165, 1.54) is 0 Å². The molecule has 39 heavy (non-hydrogen) atoms. The normalized spacial score (nSPS) is 27.5. The van der Waals surface area contributed by atoms with Crippen molar-refractivity contribution in [2.45, 2.75) is 140 Å². The molecule has 8 atom stereocenters. The largest absolute Gasteiger partial charge is 0.462 e. The second-order valence-corrected chi connectivity index (χ2v) is 12.2. The van der Waals surface area contributed by atoms with Crippen molar-refractivity contribution in [3.05, 3.63) is 0 Å². The average molecular weight is 585 g/mol. The first-order chi connectivity index (χ1) is 18.4. The minimum Gasteiger partial charge on any atom is -0.462 e. The summed E-state index contributed by atoms with van der Waals surface area (Å²) in [5, 5.41) is 49.5. The van der Waals surface area contributed by atoms with Crippen LogP contribution in [0, 0.1) is 0 Å². The van der Waals surface area contributed by atoms with Crippen LogP contribution in [0.1, 0.15) is 97.3 Å². The van der Waals surface area contributed by atoms with Crippen molar-refractivity contribution in [2.75, 3.05) is 12.8 Å². The first-order valence-electron chi connectivity index (χ1n) is 14.2. The number of rotatable bonds is 20. The van der Waals surface area contributed by atoms with E-state index in [1.807, 2.05) is 0 Å². The van der Waals surface area contributed by atoms with Crippen molar-refractivity contribution in [3.8, 4) is 0 Å². The monoisotopic (exact) mass is 584 g/mol. The van der Waals surface area contributed by atoms with Crippen LogP contribution in [-0.4, -0.2) is 97.9 Å². The number of carbonyl (C=O) groups excluding carboxylic acids is 2. The predicted octanol–water partition coefficient (Wildman–Crippen LogP) is 1.94. The van der Waals surface area contributed by atoms with Crippen LogP contribution in [-0.2, 0) is 28.2 Å². The number of unbranched alkanes of at least 4 members (excludes halogenated alkanes) is 8. The van der Waals surface area contributed by atoms with E-state index in [1.54, 1.807) is 0 Å². The van der Waals surface area contributed by atoms with E-state index in [0.717, 1.165) is 51.4 Å². The molecule has 12 nitrogen and oxygen atoms in total. The summed E-state index contributed by atoms with van der Waals surface area (Å²) in [5.41, 5.74) is 0. The lowest BCUT2D eigenvalue weighted by Crippen LogP contribution is -2.64. The lowest BCUT2D eigenvalue weighted by molar-refractivity contribution is -0.218. The summed E-state index contributed by atoms with van der Waals surface area (Å²) in [7, 11) is -4.57. The molecule has 1 aliphatic rings. The van der Waals surface area contributed by atoms with Crippen LogP contribution in [0.4, 0.5) is 0 Å². The van der Waals surface area contributed by atoms with Gasteiger partial charge in [0, 0.05) is 12.8 Å². The lowest BCUT2D eigenvalue weighted by atomic mass is 9.85. The Balaban J connectivity index is 2.70. The van der Waals surface area contributed by atoms with E-state index >= 15 is 0 Å². The highest BCUT2D eigenvalue weighted by molar-refractivity contribution is 7.52. The molecule has 0 saturated heterocycles. The number of ether oxygens (including phenoxy) is 2. The third-order valence-electron chi connectivity index (χ3n) is 6.79. The van der Waals surface area contributed by atoms with Crippen molar-refractivity contribution in [3.63, 3.8) is 0 Å². The van der Waals surface area contributed by atoms with Crippen LogP contribution >= 0.6 is 7.60 Å². The van der Waals surface area contributed by atoms with Gasteiger partial charge in [-0.25, -0.2) is 0 Å². The van der Waals surface area contributed by atoms with Crippen molar-refractivity contribution in [1.29, 1.82) is 0 Å². The molecule has 0 amide bonds. The van der Waals surface area contributed by atoms with E-state index in [-0.39, 0.29) is 25.9 Å². The van der Waals surface area contributed by atoms with Crippen molar-refractivity contribution in [2.24, 2.45) is 0 Å². The zero-order chi connectivity index (χ0) is 29.4. The highest BCUT2D eigenvalue weighted by Crippen LogP contribution is 2.46. The molecule has 4 unspecified atom stereocenters. The minimum atomic E-state index is -4.57. The SMILES string of the molecule is CCCCCCCC(=O)OCC(CCP(=O)(O)OC1[C@@H](O)[C@H](O)C(O)[C@H](O)[C@@H]1O)OC(=O)CCCCCCC. The van der Waals surface area contributed by atoms with Crippen molar-refractivity contribution >= 4 is 19.5 Å². The number of aliphatic hydroxyl groups is 5. The Kier molecular flexibility index (Phi) is 17.6. The molecule has 0 aromatic carbocycles. The van der Waals surface area contributed by atoms with Crippen LogP contribution in [0.5, 0.6) is 0 Å². The van der Waals surface area contributed by atoms with Crippen molar-refractivity contribution < 1.29 is 58.6 Å². The zero-order valence-corrected chi connectivity index (χ0v) is 24.1. The molecular weight excluding hydrogens is 535 g/mol. The quantitative estimate of drug-likeness (QED) is 0.0691. The molecule has 13 heteroatoms. The third kappa shape index (κ3) is 13.9. The molecule has 0 heterocycles. The highest BCUT2D eigenvalue weighted by atomic mass is 31.2. The van der Waals surface area contributed by atoms with Crippen molar-refractivity contribution in [1.82, 2.24) is 0 Å². The van der Waals surface area contributed by atoms with Gasteiger partial charge in [-0.05, 0) is 19.3 Å². The van der Waals surface area contributed by atoms with Crippen LogP contribution in [0.25, 0.3) is 0 Å². The molecule has 1 saturated carbocycles. The summed E-state index contributed by atoms with van der Waals surface area (Å²) in [6.45, 7) is 3.86. The topological polar surface area (TPSA) is 200 Å². The molecule has 1 aliphatic carbocycles. The number of hydrogen-bond donors (Lipinski definition) is 6. The standard InChI is InChI=1S/C26H49O12P/c1-3-5-7-9-11-13-19(27)36-17-18(37-20(28)14-12-10-8-6-4-2)15-16-39(34,35)38-26-24(32)22(30)21(29)23(31)25(26)33/h18,21-26,29-33H,3-17H2,1-2H3,(H,34,35)/t18?,21?,22-,23+,24-,25-,26?/m0/s1. The lowest BCUT2D eigenvalue weighted by Gasteiger charge is -2.41. The van der Waals surface area contributed by atoms with E-state index < -0.39 is 68.4 Å². The van der Waals surface area contributed by atoms with Gasteiger partial charge in [0.05, 0.1) is 6.16 Å². The molecular formula is C26H49O12P. The van der Waals surface area contributed by atoms with Crippen LogP contribution < -0.4 is 0 Å². The van der Waals surface area contributed by atoms with Gasteiger partial charge in [0.1, 0.15) is 49.3 Å². The molecule has 0 aromatic rings. The maximum absolute atomic E-state index is 12.7. The average Bonchev–Trinajstić information content (AvgIpc) is 2.90. The predicted molar refractivity (Wildman–Crippen MR) is 142 cm³/mol. The molecule has 230 valence electrons. The summed E-state index contributed by atoms with van der Waals surface area (Å²) in [4.78, 5) is 34.9. The Bertz CT molecular complexity index is 734. The van der Waals surface area contributed by atoms with Gasteiger partial charge < -0.3 is 39.9 Å². The maximum atomic E-state index is 12.7. The molecule has 0 aliphatic heterocycles. The van der Waals surface area contributed by atoms with Crippen LogP contribution in [0.15, 0.2) is 0 Å². The van der Waals surface area contributed by atoms with E-state index in [0.29, 0.717) is 12.8 Å². The third-order valence-corrected chi connectivity index (χ3v) is 8.19. The van der Waals surface area contributed by atoms with E-state index in [9.17, 15) is 44.6 Å². The fourth-order valence-corrected chi connectivity index (χ4v) is 5.65. The second-order valence-electron chi connectivity index (χ2n) is 10.3. The number of aliphatic hydroxyl groups excluding tert-OH is 5. The molecule has 0 bridgehead atoms. The van der Waals surface area contributed by atoms with Gasteiger partial charge in [-0.15, -0.1) is 0 Å². The zero-order valence-electron chi connectivity index (χ0n) is 23.2. The first-order valence-corrected chi connectivity index (χ1v) is 15.9. The van der Waals surface area contributed by atoms with Gasteiger partial charge in [0.2, 0.25) is 0 Å². The van der Waals surface area contributed by atoms with E-state index in [2.05, 4.69) is 13.8 Å². The smallest absolute Gasteiger partial charge is 0.328 e. The Morgan fingerprint density at radius 2 is 1.18 bits per heavy atom. The molecule has 1 rings (SSSR count). The van der Waals surface area contributed by atoms with Gasteiger partial charge in [-0.3, -0.25) is 18.7 Å². The summed E-state index contributed by atoms with van der Waals surface area (Å²) in [6.07, 6.45) is -3.61. The van der Waals surface area contributed by atoms with Gasteiger partial charge in [0.15, 0.2) is 0 Å². The van der Waals surface area contributed by atoms with E-state index in [4.69, 9.17) is 14.0 Å². The van der Waals surface area contributed by atoms with Gasteiger partial charge in [-0.2, -0.15) is 0 Å². The summed E-state index contributed by atoms with van der Waals surface area (Å²) < 4.78 is 28.4. The molecule has 0 aromatic heterocycles. The highest BCUT2D eigenvalue weighted by Gasteiger charge is 2.51. The summed E-state index contributed by atoms with van der Waals surface area (Å²) >= 11 is 0. The number of hydrogen-bond acceptors (Lipinski definition) is 11. The number of carbonyl (C=O) groups is 2. The van der Waals surface area contributed by atoms with Gasteiger partial charge >= 0.3 is 19.5 Å². The van der Waals surface area contributed by atoms with Gasteiger partial charge in [-0.1, -0.05) is 65.2 Å². The minimum absolute atomic E-state index is 0.150. The van der Waals surface area contributed by atoms with Crippen LogP contribution in [0.3, 0.4) is 0 Å². The van der Waals surface area contributed by atoms with Gasteiger partial charge in [0.25, 0.3) is 0 Å². The first kappa shape index (κ1) is 35.9. The summed E-state index contributed by atoms with van der Waals surface area (Å²) in [5.74, 6) is -0.996. The second kappa shape index (κ2) is 19.1. The molecule has 1 fully saturated rings. The number of esters is 2. The summed E-state index contributed by atoms with van der Waals surface area (Å²) in [6, 6.07) is 0. The Labute approximate surface area is 231 Å². The Morgan fingerprint density at radius 1 is 0.718 bits per heavy atom. The Hall–Kier alpha value is -1.11. The molecule has 6 N–H and O–H groups in total. The maximum Gasteiger partial charge on any atom is 0.328 e. The van der Waals surface area contributed by atoms with Crippen LogP contribution in [0.2, 0.25) is 0 Å². The fraction of sp³-hybridized carbons (Fsp3) is 0.923.